The summed E-state index contributed by atoms with van der Waals surface area (Å²) >= 11 is 0. The van der Waals surface area contributed by atoms with Gasteiger partial charge in [-0.1, -0.05) is 71.1 Å². The SMILES string of the molecule is CCCCC(N)CCCCCCCCCCCN. The molecular weight excluding hydrogens is 220 g/mol. The Morgan fingerprint density at radius 1 is 0.667 bits per heavy atom. The molecule has 0 bridgehead atoms. The van der Waals surface area contributed by atoms with Crippen LogP contribution in [0.4, 0.5) is 0 Å². The van der Waals surface area contributed by atoms with E-state index in [1.165, 1.54) is 83.5 Å². The van der Waals surface area contributed by atoms with Crippen molar-refractivity contribution >= 4 is 0 Å². The van der Waals surface area contributed by atoms with Gasteiger partial charge >= 0.3 is 0 Å². The van der Waals surface area contributed by atoms with E-state index >= 15 is 0 Å². The van der Waals surface area contributed by atoms with Crippen molar-refractivity contribution in [3.63, 3.8) is 0 Å². The smallest absolute Gasteiger partial charge is 0.00388 e. The lowest BCUT2D eigenvalue weighted by atomic mass is 10.0. The molecule has 0 heterocycles. The number of nitrogens with two attached hydrogens (primary N) is 2. The molecule has 0 rings (SSSR count). The van der Waals surface area contributed by atoms with E-state index in [-0.39, 0.29) is 0 Å². The van der Waals surface area contributed by atoms with Gasteiger partial charge in [0.2, 0.25) is 0 Å². The van der Waals surface area contributed by atoms with Crippen molar-refractivity contribution in [3.05, 3.63) is 0 Å². The quantitative estimate of drug-likeness (QED) is 0.454. The first kappa shape index (κ1) is 17.9. The van der Waals surface area contributed by atoms with Crippen molar-refractivity contribution in [3.8, 4) is 0 Å². The Kier molecular flexibility index (Phi) is 14.9. The van der Waals surface area contributed by atoms with Gasteiger partial charge in [-0.3, -0.25) is 0 Å². The zero-order chi connectivity index (χ0) is 13.5. The highest BCUT2D eigenvalue weighted by Gasteiger charge is 2.01. The van der Waals surface area contributed by atoms with E-state index in [1.807, 2.05) is 0 Å². The molecule has 2 nitrogen and oxygen atoms in total. The lowest BCUT2D eigenvalue weighted by Crippen LogP contribution is -2.19. The van der Waals surface area contributed by atoms with Crippen molar-refractivity contribution in [1.82, 2.24) is 0 Å². The summed E-state index contributed by atoms with van der Waals surface area (Å²) in [4.78, 5) is 0. The van der Waals surface area contributed by atoms with E-state index in [0.717, 1.165) is 6.54 Å². The molecule has 0 aromatic rings. The molecule has 0 radical (unpaired) electrons. The molecule has 0 saturated carbocycles. The van der Waals surface area contributed by atoms with E-state index in [4.69, 9.17) is 11.5 Å². The Morgan fingerprint density at radius 2 is 1.11 bits per heavy atom. The highest BCUT2D eigenvalue weighted by Crippen LogP contribution is 2.12. The molecular formula is C16H36N2. The second kappa shape index (κ2) is 15.0. The van der Waals surface area contributed by atoms with Crippen LogP contribution in [0.2, 0.25) is 0 Å². The Balaban J connectivity index is 3.02. The monoisotopic (exact) mass is 256 g/mol. The average molecular weight is 256 g/mol. The fraction of sp³-hybridized carbons (Fsp3) is 1.00. The van der Waals surface area contributed by atoms with Gasteiger partial charge < -0.3 is 11.5 Å². The molecule has 110 valence electrons. The summed E-state index contributed by atoms with van der Waals surface area (Å²) in [6.45, 7) is 3.10. The summed E-state index contributed by atoms with van der Waals surface area (Å²) in [6.07, 6.45) is 17.3. The topological polar surface area (TPSA) is 52.0 Å². The zero-order valence-electron chi connectivity index (χ0n) is 12.6. The molecule has 4 N–H and O–H groups in total. The minimum absolute atomic E-state index is 0.459. The third-order valence-electron chi connectivity index (χ3n) is 3.71. The van der Waals surface area contributed by atoms with Crippen LogP contribution < -0.4 is 11.5 Å². The van der Waals surface area contributed by atoms with Crippen molar-refractivity contribution in [1.29, 1.82) is 0 Å². The highest BCUT2D eigenvalue weighted by atomic mass is 14.6. The normalized spacial score (nSPS) is 12.8. The van der Waals surface area contributed by atoms with Crippen LogP contribution in [0.15, 0.2) is 0 Å². The first-order valence-electron chi connectivity index (χ1n) is 8.27. The first-order valence-corrected chi connectivity index (χ1v) is 8.27. The first-order chi connectivity index (χ1) is 8.81. The molecule has 1 unspecified atom stereocenters. The lowest BCUT2D eigenvalue weighted by molar-refractivity contribution is 0.494. The molecule has 0 amide bonds. The second-order valence-corrected chi connectivity index (χ2v) is 5.66. The van der Waals surface area contributed by atoms with Gasteiger partial charge in [0.1, 0.15) is 0 Å². The van der Waals surface area contributed by atoms with Gasteiger partial charge in [-0.05, 0) is 25.8 Å². The second-order valence-electron chi connectivity index (χ2n) is 5.66. The van der Waals surface area contributed by atoms with Crippen LogP contribution in [0.3, 0.4) is 0 Å². The van der Waals surface area contributed by atoms with E-state index in [2.05, 4.69) is 6.92 Å². The predicted octanol–water partition coefficient (Wildman–Crippen LogP) is 4.36. The summed E-state index contributed by atoms with van der Waals surface area (Å²) in [6, 6.07) is 0.459. The Labute approximate surface area is 115 Å². The molecule has 0 aliphatic carbocycles. The van der Waals surface area contributed by atoms with Crippen LogP contribution in [-0.2, 0) is 0 Å². The Morgan fingerprint density at radius 3 is 1.61 bits per heavy atom. The minimum Gasteiger partial charge on any atom is -0.330 e. The van der Waals surface area contributed by atoms with Crippen molar-refractivity contribution in [2.75, 3.05) is 6.54 Å². The summed E-state index contributed by atoms with van der Waals surface area (Å²) in [5, 5.41) is 0. The van der Waals surface area contributed by atoms with Gasteiger partial charge in [-0.15, -0.1) is 0 Å². The van der Waals surface area contributed by atoms with Crippen LogP contribution in [0, 0.1) is 0 Å². The zero-order valence-corrected chi connectivity index (χ0v) is 12.6. The van der Waals surface area contributed by atoms with Crippen LogP contribution in [-0.4, -0.2) is 12.6 Å². The van der Waals surface area contributed by atoms with E-state index in [1.54, 1.807) is 0 Å². The maximum atomic E-state index is 6.06. The third kappa shape index (κ3) is 14.0. The number of rotatable bonds is 14. The highest BCUT2D eigenvalue weighted by molar-refractivity contribution is 4.61. The van der Waals surface area contributed by atoms with Crippen molar-refractivity contribution in [2.24, 2.45) is 11.5 Å². The van der Waals surface area contributed by atoms with Crippen LogP contribution in [0.5, 0.6) is 0 Å². The summed E-state index contributed by atoms with van der Waals surface area (Å²) in [5.41, 5.74) is 11.5. The molecule has 1 atom stereocenters. The molecule has 0 spiro atoms. The third-order valence-corrected chi connectivity index (χ3v) is 3.71. The summed E-state index contributed by atoms with van der Waals surface area (Å²) < 4.78 is 0. The van der Waals surface area contributed by atoms with Gasteiger partial charge in [0.15, 0.2) is 0 Å². The number of hydrogen-bond acceptors (Lipinski definition) is 2. The van der Waals surface area contributed by atoms with Crippen LogP contribution in [0.1, 0.15) is 90.4 Å². The van der Waals surface area contributed by atoms with E-state index < -0.39 is 0 Å². The predicted molar refractivity (Wildman–Crippen MR) is 82.7 cm³/mol. The molecule has 0 saturated heterocycles. The Bertz CT molecular complexity index is 148. The van der Waals surface area contributed by atoms with Gasteiger partial charge in [0, 0.05) is 6.04 Å². The van der Waals surface area contributed by atoms with Gasteiger partial charge in [0.25, 0.3) is 0 Å². The maximum Gasteiger partial charge on any atom is 0.00388 e. The number of hydrogen-bond donors (Lipinski definition) is 2. The van der Waals surface area contributed by atoms with Crippen LogP contribution >= 0.6 is 0 Å². The van der Waals surface area contributed by atoms with Crippen LogP contribution in [0.25, 0.3) is 0 Å². The minimum atomic E-state index is 0.459. The lowest BCUT2D eigenvalue weighted by Gasteiger charge is -2.10. The van der Waals surface area contributed by atoms with Gasteiger partial charge in [-0.2, -0.15) is 0 Å². The molecule has 2 heteroatoms. The van der Waals surface area contributed by atoms with Crippen molar-refractivity contribution < 1.29 is 0 Å². The maximum absolute atomic E-state index is 6.06. The molecule has 0 aliphatic heterocycles. The molecule has 0 aromatic carbocycles. The standard InChI is InChI=1S/C16H36N2/c1-2-3-13-16(18)14-11-9-7-5-4-6-8-10-12-15-17/h16H,2-15,17-18H2,1H3. The number of unbranched alkanes of at least 4 members (excludes halogenated alkanes) is 9. The summed E-state index contributed by atoms with van der Waals surface area (Å²) in [7, 11) is 0. The molecule has 0 fully saturated rings. The molecule has 18 heavy (non-hydrogen) atoms. The van der Waals surface area contributed by atoms with Crippen molar-refractivity contribution in [2.45, 2.75) is 96.4 Å². The largest absolute Gasteiger partial charge is 0.330 e. The average Bonchev–Trinajstić information content (AvgIpc) is 2.38. The Hall–Kier alpha value is -0.0800. The van der Waals surface area contributed by atoms with Gasteiger partial charge in [0.05, 0.1) is 0 Å². The molecule has 0 aliphatic rings. The van der Waals surface area contributed by atoms with E-state index in [0.29, 0.717) is 6.04 Å². The fourth-order valence-corrected chi connectivity index (χ4v) is 2.40. The fourth-order valence-electron chi connectivity index (χ4n) is 2.40. The summed E-state index contributed by atoms with van der Waals surface area (Å²) in [5.74, 6) is 0. The van der Waals surface area contributed by atoms with Gasteiger partial charge in [-0.25, -0.2) is 0 Å². The van der Waals surface area contributed by atoms with E-state index in [9.17, 15) is 0 Å². The molecule has 0 aromatic heterocycles.